The first-order valence-electron chi connectivity index (χ1n) is 9.41. The summed E-state index contributed by atoms with van der Waals surface area (Å²) in [6, 6.07) is 11.5. The van der Waals surface area contributed by atoms with Crippen LogP contribution in [0.1, 0.15) is 11.1 Å². The van der Waals surface area contributed by atoms with E-state index in [0.29, 0.717) is 28.9 Å². The van der Waals surface area contributed by atoms with E-state index in [2.05, 4.69) is 25.2 Å². The average Bonchev–Trinajstić information content (AvgIpc) is 3.26. The van der Waals surface area contributed by atoms with Crippen LogP contribution in [-0.4, -0.2) is 48.4 Å². The minimum absolute atomic E-state index is 0.106. The number of H-pyrrole nitrogens is 1. The highest BCUT2D eigenvalue weighted by molar-refractivity contribution is 7.99. The van der Waals surface area contributed by atoms with Gasteiger partial charge in [0.15, 0.2) is 11.8 Å². The third kappa shape index (κ3) is 6.72. The molecule has 9 nitrogen and oxygen atoms in total. The quantitative estimate of drug-likeness (QED) is 0.313. The molecule has 0 spiro atoms. The Morgan fingerprint density at radius 1 is 1.16 bits per heavy atom. The molecule has 164 valence electrons. The van der Waals surface area contributed by atoms with Crippen LogP contribution in [-0.2, 0) is 14.8 Å². The summed E-state index contributed by atoms with van der Waals surface area (Å²) in [7, 11) is -3.73. The van der Waals surface area contributed by atoms with E-state index >= 15 is 0 Å². The molecule has 1 amide bonds. The maximum atomic E-state index is 12.6. The van der Waals surface area contributed by atoms with Crippen molar-refractivity contribution in [3.8, 4) is 5.75 Å². The molecular weight excluding hydrogens is 438 g/mol. The fourth-order valence-electron chi connectivity index (χ4n) is 2.57. The number of carbonyl (C=O) groups is 1. The molecule has 0 radical (unpaired) electrons. The molecule has 2 aromatic carbocycles. The average molecular weight is 462 g/mol. The van der Waals surface area contributed by atoms with Gasteiger partial charge in [0.1, 0.15) is 12.1 Å². The lowest BCUT2D eigenvalue weighted by Gasteiger charge is -2.12. The van der Waals surface area contributed by atoms with Gasteiger partial charge in [-0.05, 0) is 55.3 Å². The topological polar surface area (TPSA) is 126 Å². The Hall–Kier alpha value is -3.05. The van der Waals surface area contributed by atoms with Gasteiger partial charge in [0.2, 0.25) is 0 Å². The SMILES string of the molecule is Cc1ccc(C)c(NS(=O)(=O)c2ccc(OCC(=O)NCCSc3ncn[nH]3)cc2)c1. The molecule has 1 aromatic heterocycles. The Kier molecular flexibility index (Phi) is 7.53. The van der Waals surface area contributed by atoms with Crippen molar-refractivity contribution in [2.75, 3.05) is 23.6 Å². The van der Waals surface area contributed by atoms with Crippen LogP contribution in [0.25, 0.3) is 0 Å². The van der Waals surface area contributed by atoms with Crippen molar-refractivity contribution in [2.45, 2.75) is 23.9 Å². The van der Waals surface area contributed by atoms with Crippen molar-refractivity contribution >= 4 is 33.4 Å². The first kappa shape index (κ1) is 22.6. The van der Waals surface area contributed by atoms with E-state index in [0.717, 1.165) is 11.1 Å². The molecule has 0 aliphatic heterocycles. The molecule has 0 bridgehead atoms. The monoisotopic (exact) mass is 461 g/mol. The molecule has 0 unspecified atom stereocenters. The highest BCUT2D eigenvalue weighted by Gasteiger charge is 2.15. The van der Waals surface area contributed by atoms with Crippen LogP contribution in [0.5, 0.6) is 5.75 Å². The van der Waals surface area contributed by atoms with Crippen LogP contribution in [0, 0.1) is 13.8 Å². The predicted octanol–water partition coefficient (Wildman–Crippen LogP) is 2.51. The fourth-order valence-corrected chi connectivity index (χ4v) is 4.32. The van der Waals surface area contributed by atoms with E-state index in [4.69, 9.17) is 4.74 Å². The minimum Gasteiger partial charge on any atom is -0.484 e. The van der Waals surface area contributed by atoms with E-state index < -0.39 is 10.0 Å². The third-order valence-corrected chi connectivity index (χ3v) is 6.46. The molecule has 1 heterocycles. The summed E-state index contributed by atoms with van der Waals surface area (Å²) < 4.78 is 33.3. The Morgan fingerprint density at radius 2 is 1.94 bits per heavy atom. The van der Waals surface area contributed by atoms with Crippen molar-refractivity contribution in [3.05, 3.63) is 59.9 Å². The highest BCUT2D eigenvalue weighted by Crippen LogP contribution is 2.22. The lowest BCUT2D eigenvalue weighted by molar-refractivity contribution is -0.122. The van der Waals surface area contributed by atoms with Gasteiger partial charge in [-0.25, -0.2) is 13.4 Å². The number of amides is 1. The van der Waals surface area contributed by atoms with Crippen molar-refractivity contribution in [1.82, 2.24) is 20.5 Å². The van der Waals surface area contributed by atoms with Gasteiger partial charge in [0, 0.05) is 12.3 Å². The molecule has 3 rings (SSSR count). The van der Waals surface area contributed by atoms with Gasteiger partial charge < -0.3 is 10.1 Å². The van der Waals surface area contributed by atoms with Crippen LogP contribution >= 0.6 is 11.8 Å². The van der Waals surface area contributed by atoms with E-state index in [1.54, 1.807) is 6.07 Å². The standard InChI is InChI=1S/C20H23N5O4S2/c1-14-3-4-15(2)18(11-14)25-31(27,28)17-7-5-16(6-8-17)29-12-19(26)21-9-10-30-20-22-13-23-24-20/h3-8,11,13,25H,9-10,12H2,1-2H3,(H,21,26)(H,22,23,24). The predicted molar refractivity (Wildman–Crippen MR) is 119 cm³/mol. The second-order valence-corrected chi connectivity index (χ2v) is 9.44. The van der Waals surface area contributed by atoms with Gasteiger partial charge >= 0.3 is 0 Å². The van der Waals surface area contributed by atoms with Crippen LogP contribution in [0.15, 0.2) is 58.8 Å². The second-order valence-electron chi connectivity index (χ2n) is 6.67. The zero-order valence-corrected chi connectivity index (χ0v) is 18.7. The van der Waals surface area contributed by atoms with Crippen molar-refractivity contribution in [2.24, 2.45) is 0 Å². The Morgan fingerprint density at radius 3 is 2.65 bits per heavy atom. The van der Waals surface area contributed by atoms with Gasteiger partial charge in [-0.1, -0.05) is 23.9 Å². The highest BCUT2D eigenvalue weighted by atomic mass is 32.2. The van der Waals surface area contributed by atoms with Crippen molar-refractivity contribution < 1.29 is 17.9 Å². The lowest BCUT2D eigenvalue weighted by atomic mass is 10.1. The summed E-state index contributed by atoms with van der Waals surface area (Å²) in [6.07, 6.45) is 1.42. The Balaban J connectivity index is 1.47. The lowest BCUT2D eigenvalue weighted by Crippen LogP contribution is -2.30. The number of carbonyl (C=O) groups excluding carboxylic acids is 1. The van der Waals surface area contributed by atoms with Crippen LogP contribution in [0.2, 0.25) is 0 Å². The normalized spacial score (nSPS) is 11.2. The van der Waals surface area contributed by atoms with Crippen molar-refractivity contribution in [1.29, 1.82) is 0 Å². The molecule has 31 heavy (non-hydrogen) atoms. The van der Waals surface area contributed by atoms with Gasteiger partial charge in [0.05, 0.1) is 10.6 Å². The van der Waals surface area contributed by atoms with E-state index in [1.807, 2.05) is 26.0 Å². The minimum atomic E-state index is -3.73. The maximum absolute atomic E-state index is 12.6. The first-order valence-corrected chi connectivity index (χ1v) is 11.9. The summed E-state index contributed by atoms with van der Waals surface area (Å²) in [5.74, 6) is 0.768. The van der Waals surface area contributed by atoms with E-state index in [1.165, 1.54) is 42.4 Å². The number of anilines is 1. The smallest absolute Gasteiger partial charge is 0.261 e. The molecule has 0 aliphatic carbocycles. The summed E-state index contributed by atoms with van der Waals surface area (Å²) in [6.45, 7) is 4.02. The van der Waals surface area contributed by atoms with Gasteiger partial charge in [0.25, 0.3) is 15.9 Å². The Labute approximate surface area is 185 Å². The molecule has 3 N–H and O–H groups in total. The molecule has 0 saturated heterocycles. The molecule has 0 saturated carbocycles. The van der Waals surface area contributed by atoms with Gasteiger partial charge in [-0.15, -0.1) is 0 Å². The number of aromatic amines is 1. The van der Waals surface area contributed by atoms with Crippen molar-refractivity contribution in [3.63, 3.8) is 0 Å². The maximum Gasteiger partial charge on any atom is 0.261 e. The number of ether oxygens (including phenoxy) is 1. The molecule has 3 aromatic rings. The number of hydrogen-bond donors (Lipinski definition) is 3. The zero-order chi connectivity index (χ0) is 22.3. The summed E-state index contributed by atoms with van der Waals surface area (Å²) in [5, 5.41) is 9.89. The molecule has 0 fully saturated rings. The molecular formula is C20H23N5O4S2. The van der Waals surface area contributed by atoms with E-state index in [-0.39, 0.29) is 17.4 Å². The zero-order valence-electron chi connectivity index (χ0n) is 17.1. The largest absolute Gasteiger partial charge is 0.484 e. The number of nitrogens with one attached hydrogen (secondary N) is 3. The van der Waals surface area contributed by atoms with Crippen LogP contribution in [0.4, 0.5) is 5.69 Å². The fraction of sp³-hybridized carbons (Fsp3) is 0.250. The first-order chi connectivity index (χ1) is 14.8. The summed E-state index contributed by atoms with van der Waals surface area (Å²) >= 11 is 1.44. The number of nitrogens with zero attached hydrogens (tertiary/aromatic N) is 2. The number of aromatic nitrogens is 3. The third-order valence-electron chi connectivity index (χ3n) is 4.20. The number of rotatable bonds is 10. The number of thioether (sulfide) groups is 1. The van der Waals surface area contributed by atoms with Gasteiger partial charge in [-0.2, -0.15) is 5.10 Å². The number of benzene rings is 2. The number of sulfonamides is 1. The number of hydrogen-bond acceptors (Lipinski definition) is 7. The molecule has 11 heteroatoms. The van der Waals surface area contributed by atoms with Gasteiger partial charge in [-0.3, -0.25) is 14.6 Å². The summed E-state index contributed by atoms with van der Waals surface area (Å²) in [5.41, 5.74) is 2.33. The summed E-state index contributed by atoms with van der Waals surface area (Å²) in [4.78, 5) is 16.0. The van der Waals surface area contributed by atoms with E-state index in [9.17, 15) is 13.2 Å². The molecule has 0 atom stereocenters. The second kappa shape index (κ2) is 10.3. The number of aryl methyl sites for hydroxylation is 2. The molecule has 0 aliphatic rings. The Bertz CT molecular complexity index is 1120. The van der Waals surface area contributed by atoms with Crippen LogP contribution < -0.4 is 14.8 Å². The van der Waals surface area contributed by atoms with Crippen LogP contribution in [0.3, 0.4) is 0 Å².